The highest BCUT2D eigenvalue weighted by molar-refractivity contribution is 6.10. The second-order valence-corrected chi connectivity index (χ2v) is 5.51. The van der Waals surface area contributed by atoms with Crippen LogP contribution >= 0.6 is 0 Å². The predicted octanol–water partition coefficient (Wildman–Crippen LogP) is -0.164. The van der Waals surface area contributed by atoms with Crippen LogP contribution in [0.15, 0.2) is 24.3 Å². The molecule has 0 unspecified atom stereocenters. The first-order chi connectivity index (χ1) is 11.0. The molecule has 8 nitrogen and oxygen atoms in total. The molecule has 3 N–H and O–H groups in total. The van der Waals surface area contributed by atoms with Crippen molar-refractivity contribution < 1.29 is 19.2 Å². The van der Waals surface area contributed by atoms with Crippen LogP contribution in [-0.4, -0.2) is 42.4 Å². The Labute approximate surface area is 132 Å². The number of nitrogens with one attached hydrogen (secondary N) is 3. The number of aryl methyl sites for hydroxylation is 1. The van der Waals surface area contributed by atoms with Crippen molar-refractivity contribution in [3.05, 3.63) is 35.4 Å². The second-order valence-electron chi connectivity index (χ2n) is 5.51. The van der Waals surface area contributed by atoms with Crippen LogP contribution in [-0.2, 0) is 21.5 Å². The molecular weight excluding hydrogens is 300 g/mol. The molecule has 2 aliphatic rings. The number of urea groups is 2. The van der Waals surface area contributed by atoms with E-state index in [1.54, 1.807) is 0 Å². The molecule has 8 heteroatoms. The molecule has 23 heavy (non-hydrogen) atoms. The minimum Gasteiger partial charge on any atom is -0.341 e. The number of nitrogens with zero attached hydrogens (tertiary/aromatic N) is 1. The zero-order valence-electron chi connectivity index (χ0n) is 12.5. The Kier molecular flexibility index (Phi) is 3.51. The third kappa shape index (κ3) is 2.32. The first kappa shape index (κ1) is 15.0. The fraction of sp³-hybridized carbons (Fsp3) is 0.333. The topological polar surface area (TPSA) is 108 Å². The lowest BCUT2D eigenvalue weighted by Crippen LogP contribution is -2.46. The highest BCUT2D eigenvalue weighted by Crippen LogP contribution is 2.41. The van der Waals surface area contributed by atoms with Gasteiger partial charge in [-0.2, -0.15) is 0 Å². The van der Waals surface area contributed by atoms with Gasteiger partial charge in [-0.15, -0.1) is 0 Å². The molecule has 1 fully saturated rings. The van der Waals surface area contributed by atoms with Crippen LogP contribution < -0.4 is 16.0 Å². The normalized spacial score (nSPS) is 22.0. The Balaban J connectivity index is 1.82. The van der Waals surface area contributed by atoms with Crippen LogP contribution in [0.2, 0.25) is 0 Å². The summed E-state index contributed by atoms with van der Waals surface area (Å²) in [6, 6.07) is 6.11. The van der Waals surface area contributed by atoms with Gasteiger partial charge >= 0.3 is 12.1 Å². The zero-order chi connectivity index (χ0) is 16.6. The maximum absolute atomic E-state index is 12.8. The van der Waals surface area contributed by atoms with Crippen LogP contribution in [0.4, 0.5) is 9.59 Å². The molecule has 3 rings (SSSR count). The Bertz CT molecular complexity index is 717. The van der Waals surface area contributed by atoms with Crippen LogP contribution in [0.5, 0.6) is 0 Å². The van der Waals surface area contributed by atoms with Crippen LogP contribution in [0.25, 0.3) is 0 Å². The molecule has 0 aromatic heterocycles. The van der Waals surface area contributed by atoms with E-state index in [9.17, 15) is 19.2 Å². The van der Waals surface area contributed by atoms with Gasteiger partial charge < -0.3 is 10.6 Å². The van der Waals surface area contributed by atoms with Crippen LogP contribution in [0, 0.1) is 0 Å². The smallest absolute Gasteiger partial charge is 0.325 e. The summed E-state index contributed by atoms with van der Waals surface area (Å²) in [6.07, 6.45) is 1.14. The van der Waals surface area contributed by atoms with Gasteiger partial charge in [0, 0.05) is 7.05 Å². The second kappa shape index (κ2) is 5.38. The third-order valence-corrected chi connectivity index (χ3v) is 4.20. The van der Waals surface area contributed by atoms with E-state index in [2.05, 4.69) is 10.6 Å². The molecule has 1 heterocycles. The van der Waals surface area contributed by atoms with E-state index in [0.717, 1.165) is 16.0 Å². The van der Waals surface area contributed by atoms with E-state index >= 15 is 0 Å². The van der Waals surface area contributed by atoms with E-state index in [4.69, 9.17) is 0 Å². The number of carbonyl (C=O) groups excluding carboxylic acids is 4. The van der Waals surface area contributed by atoms with Crippen molar-refractivity contribution in [3.8, 4) is 0 Å². The number of hydrogen-bond acceptors (Lipinski definition) is 4. The van der Waals surface area contributed by atoms with E-state index in [-0.39, 0.29) is 0 Å². The lowest BCUT2D eigenvalue weighted by atomic mass is 9.92. The van der Waals surface area contributed by atoms with Crippen LogP contribution in [0.1, 0.15) is 17.5 Å². The average molecular weight is 316 g/mol. The van der Waals surface area contributed by atoms with Crippen LogP contribution in [0.3, 0.4) is 0 Å². The van der Waals surface area contributed by atoms with E-state index < -0.39 is 36.0 Å². The predicted molar refractivity (Wildman–Crippen MR) is 79.3 cm³/mol. The molecule has 1 aromatic rings. The molecule has 1 atom stereocenters. The number of hydrogen-bond donors (Lipinski definition) is 3. The van der Waals surface area contributed by atoms with E-state index in [1.807, 2.05) is 29.6 Å². The lowest BCUT2D eigenvalue weighted by molar-refractivity contribution is -0.135. The lowest BCUT2D eigenvalue weighted by Gasteiger charge is -2.22. The molecule has 1 aliphatic carbocycles. The molecular formula is C15H16N4O4. The Morgan fingerprint density at radius 2 is 2.04 bits per heavy atom. The number of amides is 6. The van der Waals surface area contributed by atoms with Gasteiger partial charge in [-0.05, 0) is 24.0 Å². The zero-order valence-corrected chi connectivity index (χ0v) is 12.5. The fourth-order valence-corrected chi connectivity index (χ4v) is 3.11. The molecule has 0 bridgehead atoms. The van der Waals surface area contributed by atoms with E-state index in [1.165, 1.54) is 7.05 Å². The van der Waals surface area contributed by atoms with Crippen molar-refractivity contribution >= 4 is 23.9 Å². The minimum absolute atomic E-state index is 0.459. The summed E-state index contributed by atoms with van der Waals surface area (Å²) in [6.45, 7) is -0.498. The van der Waals surface area contributed by atoms with Crippen molar-refractivity contribution in [3.63, 3.8) is 0 Å². The number of carbonyl (C=O) groups is 4. The standard InChI is InChI=1S/C15H16N4O4/c1-16-13(22)17-11(20)8-19-12(21)15(18-14(19)23)7-6-9-4-2-3-5-10(9)15/h2-5H,6-8H2,1H3,(H,18,23)(H2,16,17,20,22)/t15-/m1/s1. The maximum Gasteiger partial charge on any atom is 0.325 e. The van der Waals surface area contributed by atoms with Gasteiger partial charge in [0.2, 0.25) is 5.91 Å². The highest BCUT2D eigenvalue weighted by Gasteiger charge is 2.55. The summed E-state index contributed by atoms with van der Waals surface area (Å²) in [5.74, 6) is -1.18. The van der Waals surface area contributed by atoms with Gasteiger partial charge in [-0.25, -0.2) is 9.59 Å². The summed E-state index contributed by atoms with van der Waals surface area (Å²) in [5, 5.41) is 6.98. The summed E-state index contributed by atoms with van der Waals surface area (Å²) >= 11 is 0. The van der Waals surface area contributed by atoms with Gasteiger partial charge in [0.25, 0.3) is 5.91 Å². The van der Waals surface area contributed by atoms with Gasteiger partial charge in [0.15, 0.2) is 0 Å². The first-order valence-electron chi connectivity index (χ1n) is 7.22. The molecule has 0 radical (unpaired) electrons. The quantitative estimate of drug-likeness (QED) is 0.659. The molecule has 1 aromatic carbocycles. The number of fused-ring (bicyclic) bond motifs is 2. The summed E-state index contributed by atoms with van der Waals surface area (Å²) < 4.78 is 0. The molecule has 6 amide bonds. The van der Waals surface area contributed by atoms with Gasteiger partial charge in [0.05, 0.1) is 0 Å². The maximum atomic E-state index is 12.8. The molecule has 1 aliphatic heterocycles. The van der Waals surface area contributed by atoms with Gasteiger partial charge in [0.1, 0.15) is 12.1 Å². The molecule has 0 saturated carbocycles. The Morgan fingerprint density at radius 3 is 2.78 bits per heavy atom. The third-order valence-electron chi connectivity index (χ3n) is 4.20. The summed E-state index contributed by atoms with van der Waals surface area (Å²) in [7, 11) is 1.36. The van der Waals surface area contributed by atoms with Crippen molar-refractivity contribution in [1.29, 1.82) is 0 Å². The van der Waals surface area contributed by atoms with Crippen molar-refractivity contribution in [2.45, 2.75) is 18.4 Å². The molecule has 1 spiro atoms. The number of benzene rings is 1. The Morgan fingerprint density at radius 1 is 1.30 bits per heavy atom. The monoisotopic (exact) mass is 316 g/mol. The van der Waals surface area contributed by atoms with Gasteiger partial charge in [-0.3, -0.25) is 19.8 Å². The SMILES string of the molecule is CNC(=O)NC(=O)CN1C(=O)N[C@@]2(CCc3ccccc32)C1=O. The van der Waals surface area contributed by atoms with Crippen molar-refractivity contribution in [1.82, 2.24) is 20.9 Å². The summed E-state index contributed by atoms with van der Waals surface area (Å²) in [5.41, 5.74) is 0.686. The summed E-state index contributed by atoms with van der Waals surface area (Å²) in [4.78, 5) is 48.7. The number of imide groups is 2. The van der Waals surface area contributed by atoms with E-state index in [0.29, 0.717) is 12.8 Å². The van der Waals surface area contributed by atoms with Gasteiger partial charge in [-0.1, -0.05) is 24.3 Å². The van der Waals surface area contributed by atoms with Crippen molar-refractivity contribution in [2.24, 2.45) is 0 Å². The largest absolute Gasteiger partial charge is 0.341 e. The first-order valence-corrected chi connectivity index (χ1v) is 7.22. The Hall–Kier alpha value is -2.90. The molecule has 1 saturated heterocycles. The highest BCUT2D eigenvalue weighted by atomic mass is 16.2. The fourth-order valence-electron chi connectivity index (χ4n) is 3.11. The average Bonchev–Trinajstić information content (AvgIpc) is 3.02. The molecule has 120 valence electrons. The number of rotatable bonds is 2. The van der Waals surface area contributed by atoms with Crippen molar-refractivity contribution in [2.75, 3.05) is 13.6 Å². The minimum atomic E-state index is -1.10.